The van der Waals surface area contributed by atoms with Gasteiger partial charge >= 0.3 is 27.6 Å². The number of esters is 2. The van der Waals surface area contributed by atoms with Crippen LogP contribution in [-0.4, -0.2) is 81.6 Å². The molecule has 0 aromatic heterocycles. The third-order valence-electron chi connectivity index (χ3n) is 8.97. The van der Waals surface area contributed by atoms with E-state index in [0.717, 1.165) is 38.0 Å². The number of phosphoric ester groups is 2. The number of hydrogen-bond acceptors (Lipinski definition) is 11. The third-order valence-corrected chi connectivity index (χ3v) is 10.4. The van der Waals surface area contributed by atoms with Crippen LogP contribution < -0.4 is 0 Å². The van der Waals surface area contributed by atoms with Crippen LogP contribution in [0.15, 0.2) is 48.6 Å². The van der Waals surface area contributed by atoms with Gasteiger partial charge in [0.2, 0.25) is 0 Å². The van der Waals surface area contributed by atoms with Crippen LogP contribution in [0.5, 0.6) is 0 Å². The molecule has 0 saturated carbocycles. The van der Waals surface area contributed by atoms with Crippen molar-refractivity contribution in [3.05, 3.63) is 48.6 Å². The Hall–Kier alpha value is -1.96. The van der Waals surface area contributed by atoms with Crippen molar-refractivity contribution in [2.24, 2.45) is 5.92 Å². The minimum Gasteiger partial charge on any atom is -0.462 e. The number of hydrogen-bond donors (Lipinski definition) is 5. The lowest BCUT2D eigenvalue weighted by Crippen LogP contribution is -2.30. The van der Waals surface area contributed by atoms with Crippen LogP contribution in [-0.2, 0) is 41.8 Å². The van der Waals surface area contributed by atoms with Gasteiger partial charge in [0.25, 0.3) is 0 Å². The highest BCUT2D eigenvalue weighted by atomic mass is 31.2. The number of aliphatic hydroxyl groups excluding tert-OH is 2. The van der Waals surface area contributed by atoms with E-state index in [1.807, 2.05) is 36.5 Å². The summed E-state index contributed by atoms with van der Waals surface area (Å²) in [7, 11) is -9.71. The zero-order chi connectivity index (χ0) is 44.0. The summed E-state index contributed by atoms with van der Waals surface area (Å²) in [5, 5.41) is 19.8. The van der Waals surface area contributed by atoms with E-state index in [-0.39, 0.29) is 12.8 Å². The first kappa shape index (κ1) is 57.0. The smallest absolute Gasteiger partial charge is 0.462 e. The minimum atomic E-state index is -4.87. The lowest BCUT2D eigenvalue weighted by atomic mass is 10.0. The first-order valence-electron chi connectivity index (χ1n) is 21.8. The van der Waals surface area contributed by atoms with Crippen molar-refractivity contribution in [1.29, 1.82) is 0 Å². The van der Waals surface area contributed by atoms with Crippen molar-refractivity contribution in [1.82, 2.24) is 0 Å². The lowest BCUT2D eigenvalue weighted by Gasteiger charge is -2.20. The number of carbonyl (C=O) groups excluding carboxylic acids is 2. The highest BCUT2D eigenvalue weighted by molar-refractivity contribution is 7.47. The summed E-state index contributed by atoms with van der Waals surface area (Å²) >= 11 is 0. The molecule has 0 fully saturated rings. The summed E-state index contributed by atoms with van der Waals surface area (Å²) in [6, 6.07) is 0. The standard InChI is InChI=1S/C43H78O14P2/c1-4-5-6-7-14-20-25-30-39(44)31-26-21-16-13-18-22-27-32-42(46)53-36-41(37-56-59(51,52)55-35-40(45)34-54-58(48,49)50)57-43(47)33-28-23-17-12-10-8-9-11-15-19-24-29-38(2)3/h13-14,18,20-21,25-26,30,38-41,44-45H,4-12,15-17,19,22-24,27-29,31-37H2,1-3H3,(H,51,52)(H2,48,49,50)/b18-13+,20-14-,26-21-,30-25-/t39-,40+,41-/m1/s1. The molecule has 0 aliphatic rings. The zero-order valence-electron chi connectivity index (χ0n) is 36.1. The quantitative estimate of drug-likeness (QED) is 0.0127. The topological polar surface area (TPSA) is 216 Å². The fourth-order valence-electron chi connectivity index (χ4n) is 5.60. The van der Waals surface area contributed by atoms with Crippen molar-refractivity contribution >= 4 is 27.6 Å². The van der Waals surface area contributed by atoms with Crippen molar-refractivity contribution in [2.75, 3.05) is 26.4 Å². The number of ether oxygens (including phenoxy) is 2. The maximum absolute atomic E-state index is 12.6. The van der Waals surface area contributed by atoms with Gasteiger partial charge in [-0.2, -0.15) is 0 Å². The Morgan fingerprint density at radius 1 is 0.610 bits per heavy atom. The van der Waals surface area contributed by atoms with Crippen molar-refractivity contribution in [3.63, 3.8) is 0 Å². The predicted octanol–water partition coefficient (Wildman–Crippen LogP) is 9.89. The van der Waals surface area contributed by atoms with Gasteiger partial charge in [0.1, 0.15) is 12.7 Å². The Labute approximate surface area is 354 Å². The van der Waals surface area contributed by atoms with E-state index in [2.05, 4.69) is 35.9 Å². The summed E-state index contributed by atoms with van der Waals surface area (Å²) in [5.74, 6) is -0.365. The van der Waals surface area contributed by atoms with Gasteiger partial charge in [-0.1, -0.05) is 153 Å². The van der Waals surface area contributed by atoms with E-state index in [1.54, 1.807) is 6.08 Å². The molecule has 4 atom stereocenters. The normalized spacial score (nSPS) is 15.1. The minimum absolute atomic E-state index is 0.0851. The second kappa shape index (κ2) is 37.8. The Kier molecular flexibility index (Phi) is 36.5. The van der Waals surface area contributed by atoms with Crippen molar-refractivity contribution in [3.8, 4) is 0 Å². The Bertz CT molecular complexity index is 1260. The van der Waals surface area contributed by atoms with E-state index < -0.39 is 72.3 Å². The van der Waals surface area contributed by atoms with Crippen LogP contribution in [0.2, 0.25) is 0 Å². The number of phosphoric acid groups is 2. The van der Waals surface area contributed by atoms with Gasteiger partial charge < -0.3 is 34.4 Å². The molecule has 0 aromatic carbocycles. The van der Waals surface area contributed by atoms with Crippen LogP contribution in [0.1, 0.15) is 162 Å². The van der Waals surface area contributed by atoms with E-state index in [4.69, 9.17) is 23.8 Å². The molecule has 0 rings (SSSR count). The molecule has 0 spiro atoms. The van der Waals surface area contributed by atoms with Crippen LogP contribution in [0, 0.1) is 5.92 Å². The van der Waals surface area contributed by atoms with Gasteiger partial charge in [-0.3, -0.25) is 23.2 Å². The van der Waals surface area contributed by atoms with Gasteiger partial charge in [0.05, 0.1) is 25.9 Å². The third kappa shape index (κ3) is 42.5. The van der Waals surface area contributed by atoms with Gasteiger partial charge in [-0.05, 0) is 50.9 Å². The molecule has 0 aliphatic heterocycles. The SMILES string of the molecule is CCCCC/C=C\C=C/[C@@H](O)C/C=C\C/C=C/CCCC(=O)OC[C@H](COP(=O)(O)OC[C@@H](O)COP(=O)(O)O)OC(=O)CCCCCCCCCCCCCC(C)C. The molecular formula is C43H78O14P2. The van der Waals surface area contributed by atoms with E-state index in [1.165, 1.54) is 64.2 Å². The monoisotopic (exact) mass is 880 g/mol. The van der Waals surface area contributed by atoms with E-state index in [9.17, 15) is 33.8 Å². The average molecular weight is 881 g/mol. The molecular weight excluding hydrogens is 802 g/mol. The fourth-order valence-corrected chi connectivity index (χ4v) is 6.76. The number of aliphatic hydroxyl groups is 2. The van der Waals surface area contributed by atoms with Crippen LogP contribution in [0.3, 0.4) is 0 Å². The molecule has 0 radical (unpaired) electrons. The van der Waals surface area contributed by atoms with Crippen LogP contribution in [0.4, 0.5) is 0 Å². The first-order chi connectivity index (χ1) is 28.1. The highest BCUT2D eigenvalue weighted by Gasteiger charge is 2.28. The summed E-state index contributed by atoms with van der Waals surface area (Å²) in [6.45, 7) is 3.88. The van der Waals surface area contributed by atoms with Crippen LogP contribution in [0.25, 0.3) is 0 Å². The molecule has 1 unspecified atom stereocenters. The molecule has 0 amide bonds. The fraction of sp³-hybridized carbons (Fsp3) is 0.767. The Morgan fingerprint density at radius 2 is 1.19 bits per heavy atom. The van der Waals surface area contributed by atoms with Crippen molar-refractivity contribution < 1.29 is 66.7 Å². The Balaban J connectivity index is 4.66. The maximum Gasteiger partial charge on any atom is 0.472 e. The number of unbranched alkanes of at least 4 members (excludes halogenated alkanes) is 14. The Morgan fingerprint density at radius 3 is 1.83 bits per heavy atom. The average Bonchev–Trinajstić information content (AvgIpc) is 3.17. The maximum atomic E-state index is 12.6. The highest BCUT2D eigenvalue weighted by Crippen LogP contribution is 2.43. The van der Waals surface area contributed by atoms with Gasteiger partial charge in [0.15, 0.2) is 6.10 Å². The van der Waals surface area contributed by atoms with E-state index in [0.29, 0.717) is 32.1 Å². The van der Waals surface area contributed by atoms with E-state index >= 15 is 0 Å². The second-order valence-corrected chi connectivity index (χ2v) is 18.0. The lowest BCUT2D eigenvalue weighted by molar-refractivity contribution is -0.161. The largest absolute Gasteiger partial charge is 0.472 e. The second-order valence-electron chi connectivity index (χ2n) is 15.3. The molecule has 0 aliphatic carbocycles. The molecule has 0 heterocycles. The molecule has 0 aromatic rings. The van der Waals surface area contributed by atoms with Crippen LogP contribution >= 0.6 is 15.6 Å². The molecule has 16 heteroatoms. The zero-order valence-corrected chi connectivity index (χ0v) is 37.9. The van der Waals surface area contributed by atoms with Crippen molar-refractivity contribution in [2.45, 2.75) is 180 Å². The molecule has 344 valence electrons. The summed E-state index contributed by atoms with van der Waals surface area (Å²) in [6.07, 6.45) is 32.9. The molecule has 5 N–H and O–H groups in total. The van der Waals surface area contributed by atoms with Gasteiger partial charge in [0, 0.05) is 12.8 Å². The number of carbonyl (C=O) groups is 2. The van der Waals surface area contributed by atoms with Gasteiger partial charge in [-0.15, -0.1) is 0 Å². The number of allylic oxidation sites excluding steroid dienone is 6. The predicted molar refractivity (Wildman–Crippen MR) is 231 cm³/mol. The molecule has 59 heavy (non-hydrogen) atoms. The molecule has 14 nitrogen and oxygen atoms in total. The molecule has 0 saturated heterocycles. The summed E-state index contributed by atoms with van der Waals surface area (Å²) < 4.78 is 47.7. The summed E-state index contributed by atoms with van der Waals surface area (Å²) in [5.41, 5.74) is 0. The van der Waals surface area contributed by atoms with Gasteiger partial charge in [-0.25, -0.2) is 9.13 Å². The molecule has 0 bridgehead atoms. The first-order valence-corrected chi connectivity index (χ1v) is 24.8. The summed E-state index contributed by atoms with van der Waals surface area (Å²) in [4.78, 5) is 52.6. The number of rotatable bonds is 40.